The number of hydrogen-bond acceptors (Lipinski definition) is 3. The first-order valence-corrected chi connectivity index (χ1v) is 4.05. The third-order valence-corrected chi connectivity index (χ3v) is 1.82. The van der Waals surface area contributed by atoms with Gasteiger partial charge in [-0.2, -0.15) is 5.10 Å². The van der Waals surface area contributed by atoms with Gasteiger partial charge in [-0.15, -0.1) is 0 Å². The molecule has 0 saturated carbocycles. The Morgan fingerprint density at radius 3 is 2.77 bits per heavy atom. The Hall–Kier alpha value is -1.71. The van der Waals surface area contributed by atoms with E-state index in [9.17, 15) is 0 Å². The highest BCUT2D eigenvalue weighted by Crippen LogP contribution is 2.14. The van der Waals surface area contributed by atoms with Crippen LogP contribution in [0.3, 0.4) is 0 Å². The third-order valence-electron chi connectivity index (χ3n) is 1.82. The third kappa shape index (κ3) is 2.37. The van der Waals surface area contributed by atoms with Crippen LogP contribution in [0.15, 0.2) is 29.4 Å². The summed E-state index contributed by atoms with van der Waals surface area (Å²) in [5.74, 6) is 5.49. The van der Waals surface area contributed by atoms with E-state index in [1.54, 1.807) is 0 Å². The van der Waals surface area contributed by atoms with Crippen LogP contribution in [-0.4, -0.2) is 12.9 Å². The van der Waals surface area contributed by atoms with Crippen LogP contribution in [0.2, 0.25) is 0 Å². The summed E-state index contributed by atoms with van der Waals surface area (Å²) in [5, 5.41) is 6.50. The molecule has 0 atom stereocenters. The number of anilines is 1. The highest BCUT2D eigenvalue weighted by Gasteiger charge is 2.01. The van der Waals surface area contributed by atoms with Crippen LogP contribution in [0.25, 0.3) is 0 Å². The highest BCUT2D eigenvalue weighted by molar-refractivity contribution is 5.83. The van der Waals surface area contributed by atoms with Crippen LogP contribution in [-0.2, 0) is 6.42 Å². The zero-order valence-electron chi connectivity index (χ0n) is 7.62. The van der Waals surface area contributed by atoms with Crippen molar-refractivity contribution in [2.75, 3.05) is 12.4 Å². The molecule has 1 rings (SSSR count). The lowest BCUT2D eigenvalue weighted by Crippen LogP contribution is -2.17. The summed E-state index contributed by atoms with van der Waals surface area (Å²) in [5.41, 5.74) is 7.67. The SMILES string of the molecule is CNc1ccccc1CC(N)=NN. The van der Waals surface area contributed by atoms with Crippen LogP contribution >= 0.6 is 0 Å². The lowest BCUT2D eigenvalue weighted by atomic mass is 10.1. The molecule has 0 aliphatic carbocycles. The molecule has 0 aromatic heterocycles. The Labute approximate surface area is 77.6 Å². The predicted molar refractivity (Wildman–Crippen MR) is 55.5 cm³/mol. The van der Waals surface area contributed by atoms with Crippen LogP contribution in [0.4, 0.5) is 5.69 Å². The van der Waals surface area contributed by atoms with Gasteiger partial charge in [0.05, 0.1) is 0 Å². The molecule has 1 aromatic rings. The topological polar surface area (TPSA) is 76.4 Å². The average molecular weight is 178 g/mol. The van der Waals surface area contributed by atoms with Crippen LogP contribution in [0.5, 0.6) is 0 Å². The van der Waals surface area contributed by atoms with Crippen molar-refractivity contribution in [3.05, 3.63) is 29.8 Å². The monoisotopic (exact) mass is 178 g/mol. The molecule has 5 N–H and O–H groups in total. The summed E-state index contributed by atoms with van der Waals surface area (Å²) in [6.45, 7) is 0. The number of rotatable bonds is 3. The average Bonchev–Trinajstić information content (AvgIpc) is 2.18. The molecule has 13 heavy (non-hydrogen) atoms. The van der Waals surface area contributed by atoms with Crippen molar-refractivity contribution in [1.82, 2.24) is 0 Å². The number of nitrogens with two attached hydrogens (primary N) is 2. The Bertz CT molecular complexity index is 306. The molecule has 1 aromatic carbocycles. The van der Waals surface area contributed by atoms with Gasteiger partial charge in [0.25, 0.3) is 0 Å². The van der Waals surface area contributed by atoms with Gasteiger partial charge in [-0.05, 0) is 11.6 Å². The molecule has 4 heteroatoms. The second kappa shape index (κ2) is 4.35. The van der Waals surface area contributed by atoms with E-state index < -0.39 is 0 Å². The van der Waals surface area contributed by atoms with E-state index in [0.29, 0.717) is 12.3 Å². The summed E-state index contributed by atoms with van der Waals surface area (Å²) in [6.07, 6.45) is 0.577. The van der Waals surface area contributed by atoms with E-state index in [1.165, 1.54) is 0 Å². The van der Waals surface area contributed by atoms with Gasteiger partial charge in [-0.1, -0.05) is 18.2 Å². The lowest BCUT2D eigenvalue weighted by Gasteiger charge is -2.07. The first kappa shape index (κ1) is 9.38. The molecule has 70 valence electrons. The number of benzene rings is 1. The molecule has 0 spiro atoms. The van der Waals surface area contributed by atoms with Gasteiger partial charge in [0.2, 0.25) is 0 Å². The van der Waals surface area contributed by atoms with Crippen molar-refractivity contribution >= 4 is 11.5 Å². The first-order chi connectivity index (χ1) is 6.27. The molecule has 0 aliphatic heterocycles. The van der Waals surface area contributed by atoms with Crippen LogP contribution in [0, 0.1) is 0 Å². The van der Waals surface area contributed by atoms with Gasteiger partial charge < -0.3 is 16.9 Å². The summed E-state index contributed by atoms with van der Waals surface area (Å²) in [6, 6.07) is 7.90. The maximum atomic E-state index is 5.53. The molecular weight excluding hydrogens is 164 g/mol. The van der Waals surface area contributed by atoms with Gasteiger partial charge in [0, 0.05) is 19.2 Å². The van der Waals surface area contributed by atoms with Crippen molar-refractivity contribution in [3.8, 4) is 0 Å². The van der Waals surface area contributed by atoms with Crippen LogP contribution < -0.4 is 16.9 Å². The normalized spacial score (nSPS) is 11.3. The fourth-order valence-corrected chi connectivity index (χ4v) is 1.16. The van der Waals surface area contributed by atoms with Gasteiger partial charge in [0.1, 0.15) is 5.84 Å². The number of para-hydroxylation sites is 1. The molecule has 0 fully saturated rings. The number of amidine groups is 1. The fourth-order valence-electron chi connectivity index (χ4n) is 1.16. The highest BCUT2D eigenvalue weighted by atomic mass is 15.1. The molecule has 4 nitrogen and oxygen atoms in total. The maximum Gasteiger partial charge on any atom is 0.123 e. The Morgan fingerprint density at radius 2 is 2.15 bits per heavy atom. The minimum absolute atomic E-state index is 0.433. The maximum absolute atomic E-state index is 5.53. The zero-order chi connectivity index (χ0) is 9.68. The molecule has 0 saturated heterocycles. The first-order valence-electron chi connectivity index (χ1n) is 4.05. The largest absolute Gasteiger partial charge is 0.388 e. The molecular formula is C9H14N4. The number of nitrogens with one attached hydrogen (secondary N) is 1. The number of hydrogen-bond donors (Lipinski definition) is 3. The molecule has 0 amide bonds. The molecule has 0 bridgehead atoms. The second-order valence-corrected chi connectivity index (χ2v) is 2.70. The van der Waals surface area contributed by atoms with E-state index in [2.05, 4.69) is 10.4 Å². The quantitative estimate of drug-likeness (QED) is 0.273. The second-order valence-electron chi connectivity index (χ2n) is 2.70. The molecule has 0 radical (unpaired) electrons. The van der Waals surface area contributed by atoms with Crippen LogP contribution in [0.1, 0.15) is 5.56 Å². The van der Waals surface area contributed by atoms with Crippen molar-refractivity contribution < 1.29 is 0 Å². The van der Waals surface area contributed by atoms with Crippen molar-refractivity contribution in [3.63, 3.8) is 0 Å². The summed E-state index contributed by atoms with van der Waals surface area (Å²) >= 11 is 0. The zero-order valence-corrected chi connectivity index (χ0v) is 7.62. The molecule has 0 unspecified atom stereocenters. The van der Waals surface area contributed by atoms with Crippen molar-refractivity contribution in [2.45, 2.75) is 6.42 Å². The number of nitrogens with zero attached hydrogens (tertiary/aromatic N) is 1. The standard InChI is InChI=1S/C9H14N4/c1-12-8-5-3-2-4-7(8)6-9(10)13-11/h2-5,12H,6,11H2,1H3,(H2,10,13). The Morgan fingerprint density at radius 1 is 1.46 bits per heavy atom. The summed E-state index contributed by atoms with van der Waals surface area (Å²) < 4.78 is 0. The minimum atomic E-state index is 0.433. The smallest absolute Gasteiger partial charge is 0.123 e. The van der Waals surface area contributed by atoms with Crippen molar-refractivity contribution in [1.29, 1.82) is 0 Å². The molecule has 0 aliphatic rings. The van der Waals surface area contributed by atoms with Gasteiger partial charge in [0.15, 0.2) is 0 Å². The fraction of sp³-hybridized carbons (Fsp3) is 0.222. The Kier molecular flexibility index (Phi) is 3.14. The van der Waals surface area contributed by atoms with E-state index in [4.69, 9.17) is 11.6 Å². The summed E-state index contributed by atoms with van der Waals surface area (Å²) in [4.78, 5) is 0. The van der Waals surface area contributed by atoms with E-state index in [1.807, 2.05) is 31.3 Å². The summed E-state index contributed by atoms with van der Waals surface area (Å²) in [7, 11) is 1.87. The van der Waals surface area contributed by atoms with Gasteiger partial charge in [-0.3, -0.25) is 0 Å². The minimum Gasteiger partial charge on any atom is -0.388 e. The van der Waals surface area contributed by atoms with Gasteiger partial charge in [-0.25, -0.2) is 0 Å². The predicted octanol–water partition coefficient (Wildman–Crippen LogP) is 0.502. The van der Waals surface area contributed by atoms with E-state index in [-0.39, 0.29) is 0 Å². The van der Waals surface area contributed by atoms with Crippen molar-refractivity contribution in [2.24, 2.45) is 16.7 Å². The number of hydrazone groups is 1. The van der Waals surface area contributed by atoms with E-state index in [0.717, 1.165) is 11.3 Å². The van der Waals surface area contributed by atoms with Gasteiger partial charge >= 0.3 is 0 Å². The lowest BCUT2D eigenvalue weighted by molar-refractivity contribution is 1.17. The Balaban J connectivity index is 2.87. The van der Waals surface area contributed by atoms with E-state index >= 15 is 0 Å². The molecule has 0 heterocycles.